The number of nitrogens with zero attached hydrogens (tertiary/aromatic N) is 3. The SMILES string of the molecule is CC(C)(C)CC(=O)N1CC(Oc2ncccc2C#N)C1. The summed E-state index contributed by atoms with van der Waals surface area (Å²) in [6, 6.07) is 5.42. The third kappa shape index (κ3) is 3.47. The highest BCUT2D eigenvalue weighted by molar-refractivity contribution is 5.77. The number of rotatable bonds is 3. The first-order valence-electron chi connectivity index (χ1n) is 6.68. The summed E-state index contributed by atoms with van der Waals surface area (Å²) in [7, 11) is 0. The van der Waals surface area contributed by atoms with Crippen LogP contribution >= 0.6 is 0 Å². The van der Waals surface area contributed by atoms with Gasteiger partial charge in [0, 0.05) is 12.6 Å². The number of ether oxygens (including phenoxy) is 1. The van der Waals surface area contributed by atoms with Gasteiger partial charge in [0.1, 0.15) is 17.7 Å². The van der Waals surface area contributed by atoms with Gasteiger partial charge in [0.15, 0.2) is 0 Å². The van der Waals surface area contributed by atoms with Gasteiger partial charge in [0.2, 0.25) is 11.8 Å². The van der Waals surface area contributed by atoms with Gasteiger partial charge < -0.3 is 9.64 Å². The Balaban J connectivity index is 1.86. The second-order valence-corrected chi connectivity index (χ2v) is 6.24. The largest absolute Gasteiger partial charge is 0.470 e. The van der Waals surface area contributed by atoms with Gasteiger partial charge in [-0.1, -0.05) is 20.8 Å². The van der Waals surface area contributed by atoms with Crippen molar-refractivity contribution in [3.63, 3.8) is 0 Å². The Morgan fingerprint density at radius 1 is 1.55 bits per heavy atom. The van der Waals surface area contributed by atoms with Crippen LogP contribution in [0.25, 0.3) is 0 Å². The van der Waals surface area contributed by atoms with Gasteiger partial charge in [-0.15, -0.1) is 0 Å². The van der Waals surface area contributed by atoms with E-state index in [-0.39, 0.29) is 17.4 Å². The van der Waals surface area contributed by atoms with Gasteiger partial charge in [-0.2, -0.15) is 5.26 Å². The van der Waals surface area contributed by atoms with Crippen molar-refractivity contribution in [2.45, 2.75) is 33.3 Å². The van der Waals surface area contributed by atoms with Gasteiger partial charge >= 0.3 is 0 Å². The molecule has 1 fully saturated rings. The van der Waals surface area contributed by atoms with Crippen LogP contribution in [0.2, 0.25) is 0 Å². The Hall–Kier alpha value is -2.09. The van der Waals surface area contributed by atoms with Crippen molar-refractivity contribution in [1.82, 2.24) is 9.88 Å². The van der Waals surface area contributed by atoms with Crippen LogP contribution in [0.5, 0.6) is 5.88 Å². The lowest BCUT2D eigenvalue weighted by Crippen LogP contribution is -2.56. The van der Waals surface area contributed by atoms with Crippen molar-refractivity contribution in [2.75, 3.05) is 13.1 Å². The van der Waals surface area contributed by atoms with E-state index in [4.69, 9.17) is 10.00 Å². The number of aromatic nitrogens is 1. The Bertz CT molecular complexity index is 537. The molecule has 5 nitrogen and oxygen atoms in total. The molecule has 1 saturated heterocycles. The molecule has 0 aliphatic carbocycles. The number of hydrogen-bond acceptors (Lipinski definition) is 4. The highest BCUT2D eigenvalue weighted by atomic mass is 16.5. The number of pyridine rings is 1. The van der Waals surface area contributed by atoms with Crippen LogP contribution in [0.3, 0.4) is 0 Å². The zero-order valence-electron chi connectivity index (χ0n) is 12.1. The quantitative estimate of drug-likeness (QED) is 0.844. The third-order valence-corrected chi connectivity index (χ3v) is 3.05. The number of carbonyl (C=O) groups excluding carboxylic acids is 1. The second kappa shape index (κ2) is 5.49. The normalized spacial score (nSPS) is 15.4. The molecule has 0 unspecified atom stereocenters. The van der Waals surface area contributed by atoms with Crippen molar-refractivity contribution < 1.29 is 9.53 Å². The summed E-state index contributed by atoms with van der Waals surface area (Å²) >= 11 is 0. The maximum Gasteiger partial charge on any atom is 0.232 e. The summed E-state index contributed by atoms with van der Waals surface area (Å²) in [5.41, 5.74) is 0.421. The maximum absolute atomic E-state index is 12.0. The molecule has 0 bridgehead atoms. The molecule has 106 valence electrons. The Morgan fingerprint density at radius 2 is 2.25 bits per heavy atom. The number of likely N-dealkylation sites (tertiary alicyclic amines) is 1. The zero-order chi connectivity index (χ0) is 14.8. The third-order valence-electron chi connectivity index (χ3n) is 3.05. The summed E-state index contributed by atoms with van der Waals surface area (Å²) < 4.78 is 5.66. The highest BCUT2D eigenvalue weighted by Gasteiger charge is 2.34. The fourth-order valence-electron chi connectivity index (χ4n) is 2.01. The minimum Gasteiger partial charge on any atom is -0.470 e. The standard InChI is InChI=1S/C15H19N3O2/c1-15(2,3)7-13(19)18-9-12(10-18)20-14-11(8-16)5-4-6-17-14/h4-6,12H,7,9-10H2,1-3H3. The van der Waals surface area contributed by atoms with Crippen molar-refractivity contribution >= 4 is 5.91 Å². The lowest BCUT2D eigenvalue weighted by Gasteiger charge is -2.39. The minimum absolute atomic E-state index is 0.00199. The molecule has 1 aliphatic heterocycles. The molecular formula is C15H19N3O2. The van der Waals surface area contributed by atoms with E-state index in [1.54, 1.807) is 23.2 Å². The molecule has 5 heteroatoms. The zero-order valence-corrected chi connectivity index (χ0v) is 12.1. The fraction of sp³-hybridized carbons (Fsp3) is 0.533. The molecule has 0 saturated carbocycles. The number of hydrogen-bond donors (Lipinski definition) is 0. The fourth-order valence-corrected chi connectivity index (χ4v) is 2.01. The predicted molar refractivity (Wildman–Crippen MR) is 74.0 cm³/mol. The molecule has 0 aromatic carbocycles. The first kappa shape index (κ1) is 14.3. The molecule has 0 atom stereocenters. The molecule has 1 amide bonds. The maximum atomic E-state index is 12.0. The van der Waals surface area contributed by atoms with Crippen LogP contribution < -0.4 is 4.74 Å². The van der Waals surface area contributed by atoms with E-state index in [0.29, 0.717) is 31.0 Å². The summed E-state index contributed by atoms with van der Waals surface area (Å²) in [5.74, 6) is 0.502. The summed E-state index contributed by atoms with van der Waals surface area (Å²) in [5, 5.41) is 8.96. The van der Waals surface area contributed by atoms with Gasteiger partial charge in [-0.25, -0.2) is 4.98 Å². The molecular weight excluding hydrogens is 254 g/mol. The van der Waals surface area contributed by atoms with Gasteiger partial charge in [-0.05, 0) is 17.5 Å². The van der Waals surface area contributed by atoms with Crippen LogP contribution in [-0.2, 0) is 4.79 Å². The second-order valence-electron chi connectivity index (χ2n) is 6.24. The molecule has 0 radical (unpaired) electrons. The average Bonchev–Trinajstić information content (AvgIpc) is 2.31. The number of nitriles is 1. The van der Waals surface area contributed by atoms with Gasteiger partial charge in [0.25, 0.3) is 0 Å². The van der Waals surface area contributed by atoms with Crippen molar-refractivity contribution in [3.8, 4) is 11.9 Å². The van der Waals surface area contributed by atoms with E-state index >= 15 is 0 Å². The first-order valence-corrected chi connectivity index (χ1v) is 6.68. The van der Waals surface area contributed by atoms with Gasteiger partial charge in [0.05, 0.1) is 13.1 Å². The van der Waals surface area contributed by atoms with Crippen LogP contribution in [0.4, 0.5) is 0 Å². The number of carbonyl (C=O) groups is 1. The average molecular weight is 273 g/mol. The van der Waals surface area contributed by atoms with E-state index in [1.807, 2.05) is 26.8 Å². The molecule has 1 aliphatic rings. The van der Waals surface area contributed by atoms with Gasteiger partial charge in [-0.3, -0.25) is 4.79 Å². The van der Waals surface area contributed by atoms with E-state index in [9.17, 15) is 4.79 Å². The number of amides is 1. The lowest BCUT2D eigenvalue weighted by molar-refractivity contribution is -0.142. The molecule has 0 N–H and O–H groups in total. The summed E-state index contributed by atoms with van der Waals surface area (Å²) in [6.07, 6.45) is 2.06. The topological polar surface area (TPSA) is 66.2 Å². The van der Waals surface area contributed by atoms with Crippen LogP contribution in [0.1, 0.15) is 32.8 Å². The van der Waals surface area contributed by atoms with Crippen molar-refractivity contribution in [1.29, 1.82) is 5.26 Å². The van der Waals surface area contributed by atoms with Crippen molar-refractivity contribution in [3.05, 3.63) is 23.9 Å². The molecule has 20 heavy (non-hydrogen) atoms. The Labute approximate surface area is 119 Å². The highest BCUT2D eigenvalue weighted by Crippen LogP contribution is 2.24. The Morgan fingerprint density at radius 3 is 2.85 bits per heavy atom. The summed E-state index contributed by atoms with van der Waals surface area (Å²) in [4.78, 5) is 17.8. The summed E-state index contributed by atoms with van der Waals surface area (Å²) in [6.45, 7) is 7.27. The minimum atomic E-state index is -0.0686. The predicted octanol–water partition coefficient (Wildman–Crippen LogP) is 1.98. The van der Waals surface area contributed by atoms with Crippen LogP contribution in [0.15, 0.2) is 18.3 Å². The van der Waals surface area contributed by atoms with E-state index in [0.717, 1.165) is 0 Å². The smallest absolute Gasteiger partial charge is 0.232 e. The molecule has 1 aromatic heterocycles. The monoisotopic (exact) mass is 273 g/mol. The van der Waals surface area contributed by atoms with Crippen molar-refractivity contribution in [2.24, 2.45) is 5.41 Å². The molecule has 2 rings (SSSR count). The van der Waals surface area contributed by atoms with Crippen LogP contribution in [0, 0.1) is 16.7 Å². The lowest BCUT2D eigenvalue weighted by atomic mass is 9.91. The molecule has 0 spiro atoms. The van der Waals surface area contributed by atoms with E-state index in [1.165, 1.54) is 0 Å². The molecule has 1 aromatic rings. The Kier molecular flexibility index (Phi) is 3.93. The van der Waals surface area contributed by atoms with Crippen LogP contribution in [-0.4, -0.2) is 35.0 Å². The first-order chi connectivity index (χ1) is 9.39. The molecule has 2 heterocycles. The van der Waals surface area contributed by atoms with E-state index in [2.05, 4.69) is 4.98 Å². The van der Waals surface area contributed by atoms with E-state index < -0.39 is 0 Å².